The molecule has 6 nitrogen and oxygen atoms in total. The first-order chi connectivity index (χ1) is 13.3. The van der Waals surface area contributed by atoms with Crippen molar-refractivity contribution in [3.8, 4) is 17.3 Å². The van der Waals surface area contributed by atoms with Gasteiger partial charge >= 0.3 is 0 Å². The minimum Gasteiger partial charge on any atom is -0.355 e. The van der Waals surface area contributed by atoms with E-state index in [1.165, 1.54) is 0 Å². The second-order valence-corrected chi connectivity index (χ2v) is 6.38. The molecule has 0 spiro atoms. The van der Waals surface area contributed by atoms with Crippen LogP contribution in [0.15, 0.2) is 48.9 Å². The molecule has 1 aliphatic rings. The van der Waals surface area contributed by atoms with Crippen LogP contribution in [0.3, 0.4) is 0 Å². The van der Waals surface area contributed by atoms with Crippen LogP contribution in [0.5, 0.6) is 0 Å². The lowest BCUT2D eigenvalue weighted by atomic mass is 10.1. The van der Waals surface area contributed by atoms with Gasteiger partial charge in [-0.3, -0.25) is 9.97 Å². The van der Waals surface area contributed by atoms with Crippen LogP contribution in [-0.4, -0.2) is 41.1 Å². The smallest absolute Gasteiger partial charge is 0.124 e. The molecule has 134 valence electrons. The average molecular weight is 356 g/mol. The summed E-state index contributed by atoms with van der Waals surface area (Å²) in [5.74, 6) is 0.901. The number of H-pyrrole nitrogens is 1. The maximum Gasteiger partial charge on any atom is 0.124 e. The van der Waals surface area contributed by atoms with Crippen molar-refractivity contribution >= 4 is 18.0 Å². The van der Waals surface area contributed by atoms with E-state index in [-0.39, 0.29) is 0 Å². The lowest BCUT2D eigenvalue weighted by Crippen LogP contribution is -2.44. The fraction of sp³-hybridized carbons (Fsp3) is 0.190. The van der Waals surface area contributed by atoms with Crippen LogP contribution >= 0.6 is 0 Å². The topological polar surface area (TPSA) is 80.6 Å². The number of aromatic amines is 1. The van der Waals surface area contributed by atoms with Gasteiger partial charge in [0.1, 0.15) is 11.9 Å². The Balaban J connectivity index is 1.61. The molecule has 0 saturated carbocycles. The van der Waals surface area contributed by atoms with E-state index in [1.807, 2.05) is 48.7 Å². The van der Waals surface area contributed by atoms with Gasteiger partial charge in [-0.1, -0.05) is 12.1 Å². The molecule has 27 heavy (non-hydrogen) atoms. The van der Waals surface area contributed by atoms with E-state index in [0.717, 1.165) is 54.5 Å². The van der Waals surface area contributed by atoms with E-state index in [2.05, 4.69) is 31.2 Å². The summed E-state index contributed by atoms with van der Waals surface area (Å²) in [6.07, 6.45) is 9.30. The highest BCUT2D eigenvalue weighted by molar-refractivity contribution is 5.73. The van der Waals surface area contributed by atoms with Gasteiger partial charge < -0.3 is 15.2 Å². The zero-order valence-electron chi connectivity index (χ0n) is 14.9. The molecule has 0 radical (unpaired) electrons. The summed E-state index contributed by atoms with van der Waals surface area (Å²) in [6.45, 7) is 3.64. The van der Waals surface area contributed by atoms with E-state index in [4.69, 9.17) is 0 Å². The van der Waals surface area contributed by atoms with E-state index in [0.29, 0.717) is 5.56 Å². The Kier molecular flexibility index (Phi) is 4.95. The first kappa shape index (κ1) is 17.0. The van der Waals surface area contributed by atoms with Gasteiger partial charge in [0, 0.05) is 56.0 Å². The van der Waals surface area contributed by atoms with Crippen molar-refractivity contribution in [1.82, 2.24) is 20.3 Å². The van der Waals surface area contributed by atoms with Crippen LogP contribution in [-0.2, 0) is 0 Å². The van der Waals surface area contributed by atoms with Crippen molar-refractivity contribution in [2.75, 3.05) is 31.1 Å². The summed E-state index contributed by atoms with van der Waals surface area (Å²) in [6, 6.07) is 12.1. The molecule has 1 aliphatic heterocycles. The molecule has 4 rings (SSSR count). The molecule has 0 aliphatic carbocycles. The van der Waals surface area contributed by atoms with Crippen molar-refractivity contribution < 1.29 is 0 Å². The zero-order valence-corrected chi connectivity index (χ0v) is 14.9. The second kappa shape index (κ2) is 7.85. The van der Waals surface area contributed by atoms with Crippen molar-refractivity contribution in [2.24, 2.45) is 0 Å². The average Bonchev–Trinajstić information content (AvgIpc) is 3.18. The number of hydrogen-bond acceptors (Lipinski definition) is 5. The Morgan fingerprint density at radius 3 is 2.78 bits per heavy atom. The minimum absolute atomic E-state index is 0.677. The van der Waals surface area contributed by atoms with Gasteiger partial charge in [-0.2, -0.15) is 5.26 Å². The van der Waals surface area contributed by atoms with Crippen LogP contribution in [0.1, 0.15) is 16.8 Å². The quantitative estimate of drug-likeness (QED) is 0.751. The third kappa shape index (κ3) is 3.89. The number of nitrogens with one attached hydrogen (secondary N) is 2. The van der Waals surface area contributed by atoms with Gasteiger partial charge in [-0.15, -0.1) is 0 Å². The predicted octanol–water partition coefficient (Wildman–Crippen LogP) is 2.92. The standard InChI is InChI=1S/C21H20N6/c22-14-18-13-20(26-21(18)27-10-8-23-9-11-27)17-5-7-25-19(12-17)4-3-16-2-1-6-24-15-16/h1-7,12-13,15,23,26H,8-11H2/b4-3+. The van der Waals surface area contributed by atoms with Gasteiger partial charge in [-0.25, -0.2) is 0 Å². The summed E-state index contributed by atoms with van der Waals surface area (Å²) in [7, 11) is 0. The summed E-state index contributed by atoms with van der Waals surface area (Å²) in [4.78, 5) is 14.2. The van der Waals surface area contributed by atoms with Crippen LogP contribution in [0.25, 0.3) is 23.4 Å². The third-order valence-corrected chi connectivity index (χ3v) is 4.57. The maximum absolute atomic E-state index is 9.53. The molecule has 2 N–H and O–H groups in total. The highest BCUT2D eigenvalue weighted by atomic mass is 15.2. The number of rotatable bonds is 4. The zero-order chi connectivity index (χ0) is 18.5. The Bertz CT molecular complexity index is 977. The van der Waals surface area contributed by atoms with Crippen LogP contribution in [0.2, 0.25) is 0 Å². The molecule has 0 atom stereocenters. The second-order valence-electron chi connectivity index (χ2n) is 6.38. The molecular formula is C21H20N6. The Morgan fingerprint density at radius 2 is 2.00 bits per heavy atom. The molecule has 0 unspecified atom stereocenters. The van der Waals surface area contributed by atoms with E-state index < -0.39 is 0 Å². The summed E-state index contributed by atoms with van der Waals surface area (Å²) >= 11 is 0. The number of hydrogen-bond donors (Lipinski definition) is 2. The summed E-state index contributed by atoms with van der Waals surface area (Å²) in [5, 5.41) is 12.9. The van der Waals surface area contributed by atoms with E-state index >= 15 is 0 Å². The van der Waals surface area contributed by atoms with Crippen molar-refractivity contribution in [3.05, 3.63) is 65.7 Å². The maximum atomic E-state index is 9.53. The van der Waals surface area contributed by atoms with Crippen molar-refractivity contribution in [2.45, 2.75) is 0 Å². The first-order valence-corrected chi connectivity index (χ1v) is 8.97. The van der Waals surface area contributed by atoms with Gasteiger partial charge in [0.25, 0.3) is 0 Å². The lowest BCUT2D eigenvalue weighted by Gasteiger charge is -2.28. The van der Waals surface area contributed by atoms with Crippen LogP contribution in [0.4, 0.5) is 5.82 Å². The predicted molar refractivity (Wildman–Crippen MR) is 107 cm³/mol. The number of pyridine rings is 2. The first-order valence-electron chi connectivity index (χ1n) is 8.97. The number of nitrogens with zero attached hydrogens (tertiary/aromatic N) is 4. The molecule has 0 bridgehead atoms. The number of nitriles is 1. The van der Waals surface area contributed by atoms with E-state index in [9.17, 15) is 5.26 Å². The molecule has 1 fully saturated rings. The van der Waals surface area contributed by atoms with Crippen molar-refractivity contribution in [3.63, 3.8) is 0 Å². The lowest BCUT2D eigenvalue weighted by molar-refractivity contribution is 0.585. The van der Waals surface area contributed by atoms with Gasteiger partial charge in [0.15, 0.2) is 0 Å². The Hall–Kier alpha value is -3.43. The fourth-order valence-electron chi connectivity index (χ4n) is 3.19. The monoisotopic (exact) mass is 356 g/mol. The van der Waals surface area contributed by atoms with Crippen LogP contribution < -0.4 is 10.2 Å². The molecule has 3 aromatic rings. The summed E-state index contributed by atoms with van der Waals surface area (Å²) < 4.78 is 0. The van der Waals surface area contributed by atoms with E-state index in [1.54, 1.807) is 12.4 Å². The number of aromatic nitrogens is 3. The number of anilines is 1. The largest absolute Gasteiger partial charge is 0.355 e. The highest BCUT2D eigenvalue weighted by Crippen LogP contribution is 2.27. The Labute approximate surface area is 158 Å². The number of piperazine rings is 1. The SMILES string of the molecule is N#Cc1cc(-c2ccnc(/C=C/c3cccnc3)c2)[nH]c1N1CCNCC1. The van der Waals surface area contributed by atoms with Crippen LogP contribution in [0, 0.1) is 11.3 Å². The molecule has 6 heteroatoms. The minimum atomic E-state index is 0.677. The normalized spacial score (nSPS) is 14.4. The molecule has 0 amide bonds. The molecular weight excluding hydrogens is 336 g/mol. The molecule has 3 aromatic heterocycles. The molecule has 4 heterocycles. The highest BCUT2D eigenvalue weighted by Gasteiger charge is 2.17. The Morgan fingerprint density at radius 1 is 1.11 bits per heavy atom. The van der Waals surface area contributed by atoms with Crippen molar-refractivity contribution in [1.29, 1.82) is 5.26 Å². The molecule has 0 aromatic carbocycles. The molecule has 1 saturated heterocycles. The van der Waals surface area contributed by atoms with Gasteiger partial charge in [-0.05, 0) is 35.9 Å². The summed E-state index contributed by atoms with van der Waals surface area (Å²) in [5.41, 5.74) is 4.49. The third-order valence-electron chi connectivity index (χ3n) is 4.57. The van der Waals surface area contributed by atoms with Gasteiger partial charge in [0.2, 0.25) is 0 Å². The fourth-order valence-corrected chi connectivity index (χ4v) is 3.19. The van der Waals surface area contributed by atoms with Gasteiger partial charge in [0.05, 0.1) is 11.3 Å².